The minimum Gasteiger partial charge on any atom is -0.0853 e. The summed E-state index contributed by atoms with van der Waals surface area (Å²) < 4.78 is 0. The molecule has 0 saturated heterocycles. The van der Waals surface area contributed by atoms with E-state index < -0.39 is 0 Å². The largest absolute Gasteiger partial charge is 0.0853 e. The van der Waals surface area contributed by atoms with E-state index in [-0.39, 0.29) is 0 Å². The van der Waals surface area contributed by atoms with Gasteiger partial charge >= 0.3 is 0 Å². The highest BCUT2D eigenvalue weighted by Gasteiger charge is 2.08. The van der Waals surface area contributed by atoms with Gasteiger partial charge in [-0.15, -0.1) is 0 Å². The van der Waals surface area contributed by atoms with E-state index in [1.165, 1.54) is 75.3 Å². The summed E-state index contributed by atoms with van der Waals surface area (Å²) in [5.74, 6) is 0. The van der Waals surface area contributed by atoms with Gasteiger partial charge in [0.05, 0.1) is 0 Å². The van der Waals surface area contributed by atoms with Crippen LogP contribution in [0.3, 0.4) is 0 Å². The third-order valence-corrected chi connectivity index (χ3v) is 4.71. The monoisotopic (exact) mass is 266 g/mol. The van der Waals surface area contributed by atoms with Crippen molar-refractivity contribution in [2.45, 2.75) is 64.2 Å². The standard InChI is InChI=1S/C20H26/c1-3-8-17(9-4-1)14-15-18-10-7-13-20(16-18)19-11-5-2-6-12-19/h7-8,10-11,13,16H,1-6,9,12,14-15H2. The van der Waals surface area contributed by atoms with Crippen LogP contribution in [0.25, 0.3) is 5.57 Å². The van der Waals surface area contributed by atoms with Crippen LogP contribution in [0.5, 0.6) is 0 Å². The van der Waals surface area contributed by atoms with Crippen molar-refractivity contribution in [3.63, 3.8) is 0 Å². The second-order valence-corrected chi connectivity index (χ2v) is 6.28. The van der Waals surface area contributed by atoms with Gasteiger partial charge in [0.1, 0.15) is 0 Å². The second kappa shape index (κ2) is 6.92. The molecule has 2 aliphatic carbocycles. The van der Waals surface area contributed by atoms with Crippen LogP contribution < -0.4 is 0 Å². The first-order valence-corrected chi connectivity index (χ1v) is 8.38. The molecule has 0 bridgehead atoms. The zero-order valence-corrected chi connectivity index (χ0v) is 12.5. The molecule has 0 nitrogen and oxygen atoms in total. The number of aryl methyl sites for hydroxylation is 1. The van der Waals surface area contributed by atoms with E-state index in [0.29, 0.717) is 0 Å². The summed E-state index contributed by atoms with van der Waals surface area (Å²) in [6.45, 7) is 0. The predicted octanol–water partition coefficient (Wildman–Crippen LogP) is 6.08. The summed E-state index contributed by atoms with van der Waals surface area (Å²) in [4.78, 5) is 0. The Kier molecular flexibility index (Phi) is 4.73. The first kappa shape index (κ1) is 13.7. The Balaban J connectivity index is 1.65. The lowest BCUT2D eigenvalue weighted by Crippen LogP contribution is -1.96. The number of benzene rings is 1. The fourth-order valence-electron chi connectivity index (χ4n) is 3.46. The van der Waals surface area contributed by atoms with E-state index in [1.807, 2.05) is 0 Å². The Morgan fingerprint density at radius 1 is 0.800 bits per heavy atom. The summed E-state index contributed by atoms with van der Waals surface area (Å²) >= 11 is 0. The average molecular weight is 266 g/mol. The van der Waals surface area contributed by atoms with Crippen LogP contribution in [0.4, 0.5) is 0 Å². The van der Waals surface area contributed by atoms with E-state index in [2.05, 4.69) is 36.4 Å². The Hall–Kier alpha value is -1.30. The molecule has 0 N–H and O–H groups in total. The summed E-state index contributed by atoms with van der Waals surface area (Å²) in [5.41, 5.74) is 6.26. The third-order valence-electron chi connectivity index (χ3n) is 4.71. The summed E-state index contributed by atoms with van der Waals surface area (Å²) in [5, 5.41) is 0. The van der Waals surface area contributed by atoms with Gasteiger partial charge in [0.15, 0.2) is 0 Å². The summed E-state index contributed by atoms with van der Waals surface area (Å²) in [6, 6.07) is 9.27. The van der Waals surface area contributed by atoms with Crippen molar-refractivity contribution in [3.8, 4) is 0 Å². The zero-order chi connectivity index (χ0) is 13.6. The van der Waals surface area contributed by atoms with Crippen molar-refractivity contribution in [3.05, 3.63) is 53.1 Å². The topological polar surface area (TPSA) is 0 Å². The van der Waals surface area contributed by atoms with Crippen molar-refractivity contribution in [1.82, 2.24) is 0 Å². The molecule has 0 fully saturated rings. The van der Waals surface area contributed by atoms with E-state index in [9.17, 15) is 0 Å². The molecule has 0 aliphatic heterocycles. The van der Waals surface area contributed by atoms with E-state index >= 15 is 0 Å². The van der Waals surface area contributed by atoms with Crippen molar-refractivity contribution >= 4 is 5.57 Å². The van der Waals surface area contributed by atoms with Crippen LogP contribution >= 0.6 is 0 Å². The molecule has 20 heavy (non-hydrogen) atoms. The fraction of sp³-hybridized carbons (Fsp3) is 0.500. The van der Waals surface area contributed by atoms with Gasteiger partial charge in [-0.05, 0) is 80.9 Å². The highest BCUT2D eigenvalue weighted by Crippen LogP contribution is 2.28. The minimum atomic E-state index is 1.22. The maximum Gasteiger partial charge on any atom is -0.0225 e. The number of hydrogen-bond acceptors (Lipinski definition) is 0. The maximum absolute atomic E-state index is 2.48. The Morgan fingerprint density at radius 3 is 2.40 bits per heavy atom. The highest BCUT2D eigenvalue weighted by atomic mass is 14.1. The molecular weight excluding hydrogens is 240 g/mol. The molecule has 0 amide bonds. The molecule has 106 valence electrons. The van der Waals surface area contributed by atoms with Crippen LogP contribution in [0, 0.1) is 0 Å². The molecular formula is C20H26. The Labute approximate surface area is 123 Å². The Bertz CT molecular complexity index is 505. The smallest absolute Gasteiger partial charge is 0.0225 e. The maximum atomic E-state index is 2.48. The van der Waals surface area contributed by atoms with Crippen molar-refractivity contribution < 1.29 is 0 Å². The molecule has 0 atom stereocenters. The molecule has 2 aliphatic rings. The van der Waals surface area contributed by atoms with Gasteiger partial charge in [0.25, 0.3) is 0 Å². The Morgan fingerprint density at radius 2 is 1.65 bits per heavy atom. The predicted molar refractivity (Wildman–Crippen MR) is 87.8 cm³/mol. The molecule has 0 heteroatoms. The molecule has 0 heterocycles. The molecule has 1 aromatic carbocycles. The van der Waals surface area contributed by atoms with E-state index in [0.717, 1.165) is 0 Å². The van der Waals surface area contributed by atoms with Crippen LogP contribution in [0.2, 0.25) is 0 Å². The van der Waals surface area contributed by atoms with Crippen LogP contribution in [-0.4, -0.2) is 0 Å². The van der Waals surface area contributed by atoms with Gasteiger partial charge in [-0.2, -0.15) is 0 Å². The first-order valence-electron chi connectivity index (χ1n) is 8.38. The molecule has 1 aromatic rings. The van der Waals surface area contributed by atoms with Gasteiger partial charge in [-0.3, -0.25) is 0 Å². The number of allylic oxidation sites excluding steroid dienone is 4. The SMILES string of the molecule is C1=C(CCc2cccc(C3=CCCCC3)c2)CCCC1. The van der Waals surface area contributed by atoms with Crippen LogP contribution in [-0.2, 0) is 6.42 Å². The second-order valence-electron chi connectivity index (χ2n) is 6.28. The van der Waals surface area contributed by atoms with Gasteiger partial charge in [0, 0.05) is 0 Å². The lowest BCUT2D eigenvalue weighted by Gasteiger charge is -2.15. The molecule has 0 radical (unpaired) electrons. The lowest BCUT2D eigenvalue weighted by molar-refractivity contribution is 0.673. The quantitative estimate of drug-likeness (QED) is 0.579. The summed E-state index contributed by atoms with van der Waals surface area (Å²) in [6.07, 6.45) is 18.1. The van der Waals surface area contributed by atoms with E-state index in [4.69, 9.17) is 0 Å². The van der Waals surface area contributed by atoms with Crippen molar-refractivity contribution in [1.29, 1.82) is 0 Å². The first-order chi connectivity index (χ1) is 9.92. The number of rotatable bonds is 4. The normalized spacial score (nSPS) is 19.4. The molecule has 0 spiro atoms. The van der Waals surface area contributed by atoms with E-state index in [1.54, 1.807) is 11.1 Å². The molecule has 0 aromatic heterocycles. The van der Waals surface area contributed by atoms with Crippen LogP contribution in [0.1, 0.15) is 68.9 Å². The average Bonchev–Trinajstić information content (AvgIpc) is 2.55. The highest BCUT2D eigenvalue weighted by molar-refractivity contribution is 5.66. The van der Waals surface area contributed by atoms with Crippen molar-refractivity contribution in [2.75, 3.05) is 0 Å². The fourth-order valence-corrected chi connectivity index (χ4v) is 3.46. The van der Waals surface area contributed by atoms with Crippen LogP contribution in [0.15, 0.2) is 42.0 Å². The third kappa shape index (κ3) is 3.62. The summed E-state index contributed by atoms with van der Waals surface area (Å²) in [7, 11) is 0. The van der Waals surface area contributed by atoms with Crippen molar-refractivity contribution in [2.24, 2.45) is 0 Å². The molecule has 0 unspecified atom stereocenters. The lowest BCUT2D eigenvalue weighted by atomic mass is 9.91. The van der Waals surface area contributed by atoms with Gasteiger partial charge in [0.2, 0.25) is 0 Å². The van der Waals surface area contributed by atoms with Gasteiger partial charge < -0.3 is 0 Å². The zero-order valence-electron chi connectivity index (χ0n) is 12.5. The minimum absolute atomic E-state index is 1.22. The molecule has 3 rings (SSSR count). The number of hydrogen-bond donors (Lipinski definition) is 0. The van der Waals surface area contributed by atoms with Gasteiger partial charge in [-0.1, -0.05) is 42.0 Å². The molecule has 0 saturated carbocycles. The van der Waals surface area contributed by atoms with Gasteiger partial charge in [-0.25, -0.2) is 0 Å².